The van der Waals surface area contributed by atoms with Gasteiger partial charge in [0.05, 0.1) is 0 Å². The van der Waals surface area contributed by atoms with Gasteiger partial charge >= 0.3 is 0 Å². The van der Waals surface area contributed by atoms with Crippen LogP contribution in [-0.2, 0) is 0 Å². The second kappa shape index (κ2) is 6.44. The van der Waals surface area contributed by atoms with Gasteiger partial charge < -0.3 is 5.32 Å². The van der Waals surface area contributed by atoms with Crippen molar-refractivity contribution in [2.24, 2.45) is 5.92 Å². The van der Waals surface area contributed by atoms with E-state index in [1.54, 1.807) is 24.3 Å². The van der Waals surface area contributed by atoms with Crippen LogP contribution in [0, 0.1) is 5.92 Å². The van der Waals surface area contributed by atoms with Crippen LogP contribution in [0.5, 0.6) is 0 Å². The third-order valence-corrected chi connectivity index (χ3v) is 4.09. The molecular formula is C14H17Cl2NO. The number of halogens is 2. The zero-order chi connectivity index (χ0) is 13.0. The van der Waals surface area contributed by atoms with Crippen molar-refractivity contribution >= 4 is 29.1 Å². The van der Waals surface area contributed by atoms with Gasteiger partial charge in [-0.2, -0.15) is 0 Å². The normalized spacial score (nSPS) is 23.7. The lowest BCUT2D eigenvalue weighted by molar-refractivity contribution is 0.0944. The van der Waals surface area contributed by atoms with Gasteiger partial charge in [0.15, 0.2) is 0 Å². The van der Waals surface area contributed by atoms with Crippen LogP contribution in [0.2, 0.25) is 5.02 Å². The maximum absolute atomic E-state index is 11.9. The largest absolute Gasteiger partial charge is 0.352 e. The minimum atomic E-state index is -0.0505. The molecule has 0 bridgehead atoms. The maximum atomic E-state index is 11.9. The van der Waals surface area contributed by atoms with Crippen LogP contribution in [0.15, 0.2) is 24.3 Å². The fraction of sp³-hybridized carbons (Fsp3) is 0.500. The Kier molecular flexibility index (Phi) is 4.90. The van der Waals surface area contributed by atoms with Gasteiger partial charge in [0, 0.05) is 22.5 Å². The van der Waals surface area contributed by atoms with Gasteiger partial charge in [-0.3, -0.25) is 4.79 Å². The van der Waals surface area contributed by atoms with E-state index in [-0.39, 0.29) is 5.91 Å². The molecule has 1 aliphatic carbocycles. The first kappa shape index (κ1) is 13.7. The van der Waals surface area contributed by atoms with Crippen LogP contribution in [-0.4, -0.2) is 17.8 Å². The number of carbonyl (C=O) groups is 1. The summed E-state index contributed by atoms with van der Waals surface area (Å²) in [5.74, 6) is 0.508. The highest BCUT2D eigenvalue weighted by molar-refractivity contribution is 6.30. The molecule has 1 aliphatic rings. The van der Waals surface area contributed by atoms with Gasteiger partial charge in [0.25, 0.3) is 5.91 Å². The van der Waals surface area contributed by atoms with Crippen LogP contribution in [0.1, 0.15) is 36.0 Å². The van der Waals surface area contributed by atoms with E-state index < -0.39 is 0 Å². The topological polar surface area (TPSA) is 29.1 Å². The van der Waals surface area contributed by atoms with Crippen molar-refractivity contribution in [2.45, 2.75) is 31.1 Å². The second-order valence-electron chi connectivity index (χ2n) is 4.84. The van der Waals surface area contributed by atoms with Gasteiger partial charge in [-0.15, -0.1) is 11.6 Å². The summed E-state index contributed by atoms with van der Waals surface area (Å²) >= 11 is 11.9. The lowest BCUT2D eigenvalue weighted by Crippen LogP contribution is -2.31. The third kappa shape index (κ3) is 3.89. The third-order valence-electron chi connectivity index (χ3n) is 3.41. The lowest BCUT2D eigenvalue weighted by Gasteiger charge is -2.25. The average Bonchev–Trinajstić information content (AvgIpc) is 2.38. The van der Waals surface area contributed by atoms with Crippen molar-refractivity contribution in [3.8, 4) is 0 Å². The summed E-state index contributed by atoms with van der Waals surface area (Å²) in [6.45, 7) is 0.731. The fourth-order valence-electron chi connectivity index (χ4n) is 2.29. The van der Waals surface area contributed by atoms with Crippen molar-refractivity contribution in [3.63, 3.8) is 0 Å². The van der Waals surface area contributed by atoms with Crippen LogP contribution in [0.4, 0.5) is 0 Å². The Balaban J connectivity index is 1.81. The number of hydrogen-bond donors (Lipinski definition) is 1. The Morgan fingerprint density at radius 2 is 2.00 bits per heavy atom. The standard InChI is InChI=1S/C14H17Cl2NO/c15-12-6-4-10(5-7-12)9-17-14(18)11-2-1-3-13(16)8-11/h1-3,8,10,12H,4-7,9H2,(H,17,18). The van der Waals surface area contributed by atoms with Crippen LogP contribution >= 0.6 is 23.2 Å². The molecule has 1 fully saturated rings. The molecular weight excluding hydrogens is 269 g/mol. The summed E-state index contributed by atoms with van der Waals surface area (Å²) in [6, 6.07) is 7.01. The van der Waals surface area contributed by atoms with Crippen LogP contribution in [0.25, 0.3) is 0 Å². The van der Waals surface area contributed by atoms with Gasteiger partial charge in [-0.05, 0) is 49.8 Å². The van der Waals surface area contributed by atoms with E-state index in [0.717, 1.165) is 32.2 Å². The Hall–Kier alpha value is -0.730. The number of amides is 1. The lowest BCUT2D eigenvalue weighted by atomic mass is 9.89. The Labute approximate surface area is 118 Å². The minimum absolute atomic E-state index is 0.0505. The van der Waals surface area contributed by atoms with Crippen molar-refractivity contribution in [3.05, 3.63) is 34.9 Å². The number of hydrogen-bond acceptors (Lipinski definition) is 1. The van der Waals surface area contributed by atoms with Crippen LogP contribution in [0.3, 0.4) is 0 Å². The molecule has 0 aromatic heterocycles. The Bertz CT molecular complexity index is 414. The molecule has 0 atom stereocenters. The summed E-state index contributed by atoms with van der Waals surface area (Å²) in [5, 5.41) is 3.88. The fourth-order valence-corrected chi connectivity index (χ4v) is 2.74. The predicted octanol–water partition coefficient (Wildman–Crippen LogP) is 3.87. The van der Waals surface area contributed by atoms with E-state index in [4.69, 9.17) is 23.2 Å². The van der Waals surface area contributed by atoms with E-state index >= 15 is 0 Å². The highest BCUT2D eigenvalue weighted by Crippen LogP contribution is 2.27. The molecule has 1 aromatic rings. The number of alkyl halides is 1. The van der Waals surface area contributed by atoms with E-state index in [2.05, 4.69) is 5.32 Å². The zero-order valence-electron chi connectivity index (χ0n) is 10.2. The maximum Gasteiger partial charge on any atom is 0.251 e. The Morgan fingerprint density at radius 1 is 1.28 bits per heavy atom. The highest BCUT2D eigenvalue weighted by Gasteiger charge is 2.20. The number of carbonyl (C=O) groups excluding carboxylic acids is 1. The minimum Gasteiger partial charge on any atom is -0.352 e. The molecule has 0 radical (unpaired) electrons. The molecule has 2 rings (SSSR count). The molecule has 4 heteroatoms. The molecule has 0 heterocycles. The Morgan fingerprint density at radius 3 is 2.67 bits per heavy atom. The van der Waals surface area contributed by atoms with Gasteiger partial charge in [0.2, 0.25) is 0 Å². The summed E-state index contributed by atoms with van der Waals surface area (Å²) in [6.07, 6.45) is 4.31. The second-order valence-corrected chi connectivity index (χ2v) is 5.89. The first-order valence-corrected chi connectivity index (χ1v) is 7.14. The SMILES string of the molecule is O=C(NCC1CCC(Cl)CC1)c1cccc(Cl)c1. The highest BCUT2D eigenvalue weighted by atomic mass is 35.5. The quantitative estimate of drug-likeness (QED) is 0.840. The van der Waals surface area contributed by atoms with E-state index in [0.29, 0.717) is 21.9 Å². The number of rotatable bonds is 3. The van der Waals surface area contributed by atoms with E-state index in [1.807, 2.05) is 0 Å². The molecule has 0 spiro atoms. The number of benzene rings is 1. The summed E-state index contributed by atoms with van der Waals surface area (Å²) < 4.78 is 0. The molecule has 1 amide bonds. The first-order chi connectivity index (χ1) is 8.65. The molecule has 0 unspecified atom stereocenters. The van der Waals surface area contributed by atoms with Crippen molar-refractivity contribution in [2.75, 3.05) is 6.54 Å². The van der Waals surface area contributed by atoms with Crippen molar-refractivity contribution in [1.29, 1.82) is 0 Å². The monoisotopic (exact) mass is 285 g/mol. The summed E-state index contributed by atoms with van der Waals surface area (Å²) in [4.78, 5) is 11.9. The average molecular weight is 286 g/mol. The van der Waals surface area contributed by atoms with Crippen LogP contribution < -0.4 is 5.32 Å². The molecule has 18 heavy (non-hydrogen) atoms. The molecule has 0 aliphatic heterocycles. The van der Waals surface area contributed by atoms with Crippen molar-refractivity contribution in [1.82, 2.24) is 5.32 Å². The molecule has 1 aromatic carbocycles. The van der Waals surface area contributed by atoms with E-state index in [1.165, 1.54) is 0 Å². The predicted molar refractivity (Wildman–Crippen MR) is 75.4 cm³/mol. The molecule has 98 valence electrons. The number of nitrogens with one attached hydrogen (secondary N) is 1. The summed E-state index contributed by atoms with van der Waals surface area (Å²) in [7, 11) is 0. The smallest absolute Gasteiger partial charge is 0.251 e. The van der Waals surface area contributed by atoms with Gasteiger partial charge in [-0.25, -0.2) is 0 Å². The molecule has 2 nitrogen and oxygen atoms in total. The van der Waals surface area contributed by atoms with Crippen molar-refractivity contribution < 1.29 is 4.79 Å². The summed E-state index contributed by atoms with van der Waals surface area (Å²) in [5.41, 5.74) is 0.619. The van der Waals surface area contributed by atoms with E-state index in [9.17, 15) is 4.79 Å². The van der Waals surface area contributed by atoms with Gasteiger partial charge in [-0.1, -0.05) is 17.7 Å². The molecule has 1 N–H and O–H groups in total. The first-order valence-electron chi connectivity index (χ1n) is 6.33. The molecule has 0 saturated heterocycles. The van der Waals surface area contributed by atoms with Gasteiger partial charge in [0.1, 0.15) is 0 Å². The molecule has 1 saturated carbocycles. The zero-order valence-corrected chi connectivity index (χ0v) is 11.7.